The normalized spacial score (nSPS) is 10.9. The number of benzene rings is 2. The van der Waals surface area contributed by atoms with Crippen molar-refractivity contribution in [3.05, 3.63) is 83.6 Å². The Morgan fingerprint density at radius 3 is 1.90 bits per heavy atom. The van der Waals surface area contributed by atoms with E-state index in [4.69, 9.17) is 4.74 Å². The topological polar surface area (TPSA) is 43.4 Å². The number of hydrogen-bond donors (Lipinski definition) is 0. The summed E-state index contributed by atoms with van der Waals surface area (Å²) in [7, 11) is 0. The molecule has 2 rings (SSSR count). The van der Waals surface area contributed by atoms with Gasteiger partial charge in [-0.25, -0.2) is 4.79 Å². The molecule has 0 aliphatic rings. The van der Waals surface area contributed by atoms with Crippen molar-refractivity contribution in [2.24, 2.45) is 0 Å². The Kier molecular flexibility index (Phi) is 4.45. The highest BCUT2D eigenvalue weighted by Crippen LogP contribution is 2.08. The van der Waals surface area contributed by atoms with Crippen LogP contribution in [-0.4, -0.2) is 11.8 Å². The Bertz CT molecular complexity index is 628. The van der Waals surface area contributed by atoms with Crippen LogP contribution in [0.4, 0.5) is 0 Å². The molecule has 0 atom stereocenters. The zero-order chi connectivity index (χ0) is 14.4. The number of carbonyl (C=O) groups is 2. The molecule has 0 spiro atoms. The molecule has 0 amide bonds. The average Bonchev–Trinajstić information content (AvgIpc) is 2.49. The van der Waals surface area contributed by atoms with Gasteiger partial charge in [-0.3, -0.25) is 4.79 Å². The van der Waals surface area contributed by atoms with Gasteiger partial charge in [0, 0.05) is 11.6 Å². The van der Waals surface area contributed by atoms with Crippen LogP contribution in [0, 0.1) is 0 Å². The minimum Gasteiger partial charge on any atom is -0.428 e. The highest BCUT2D eigenvalue weighted by atomic mass is 16.5. The molecular weight excluding hydrogens is 252 g/mol. The van der Waals surface area contributed by atoms with Crippen molar-refractivity contribution < 1.29 is 14.3 Å². The summed E-state index contributed by atoms with van der Waals surface area (Å²) in [5, 5.41) is 0. The van der Waals surface area contributed by atoms with Crippen LogP contribution in [0.3, 0.4) is 0 Å². The van der Waals surface area contributed by atoms with Gasteiger partial charge in [-0.1, -0.05) is 48.5 Å². The lowest BCUT2D eigenvalue weighted by Gasteiger charge is -2.04. The minimum atomic E-state index is -0.472. The number of esters is 1. The van der Waals surface area contributed by atoms with Crippen LogP contribution in [0.1, 0.15) is 27.6 Å². The quantitative estimate of drug-likeness (QED) is 0.367. The summed E-state index contributed by atoms with van der Waals surface area (Å²) in [6, 6.07) is 17.5. The van der Waals surface area contributed by atoms with Crippen molar-refractivity contribution in [2.75, 3.05) is 0 Å². The lowest BCUT2D eigenvalue weighted by atomic mass is 10.1. The van der Waals surface area contributed by atoms with Crippen LogP contribution in [0.5, 0.6) is 0 Å². The van der Waals surface area contributed by atoms with E-state index in [-0.39, 0.29) is 11.5 Å². The van der Waals surface area contributed by atoms with Gasteiger partial charge in [0.1, 0.15) is 5.76 Å². The largest absolute Gasteiger partial charge is 0.428 e. The third-order valence-electron chi connectivity index (χ3n) is 2.66. The van der Waals surface area contributed by atoms with Crippen LogP contribution >= 0.6 is 0 Å². The van der Waals surface area contributed by atoms with Gasteiger partial charge in [0.2, 0.25) is 0 Å². The number of carbonyl (C=O) groups excluding carboxylic acids is 2. The van der Waals surface area contributed by atoms with E-state index in [1.165, 1.54) is 6.08 Å². The number of ketones is 1. The Labute approximate surface area is 117 Å². The Balaban J connectivity index is 2.05. The maximum atomic E-state index is 11.9. The van der Waals surface area contributed by atoms with Crippen LogP contribution in [-0.2, 0) is 4.74 Å². The summed E-state index contributed by atoms with van der Waals surface area (Å²) in [5.41, 5.74) is 1.01. The monoisotopic (exact) mass is 266 g/mol. The van der Waals surface area contributed by atoms with Gasteiger partial charge >= 0.3 is 5.97 Å². The molecule has 100 valence electrons. The fourth-order valence-corrected chi connectivity index (χ4v) is 1.68. The van der Waals surface area contributed by atoms with Crippen LogP contribution in [0.15, 0.2) is 72.5 Å². The molecule has 0 saturated carbocycles. The van der Waals surface area contributed by atoms with E-state index in [9.17, 15) is 9.59 Å². The van der Waals surface area contributed by atoms with Crippen molar-refractivity contribution in [3.63, 3.8) is 0 Å². The van der Waals surface area contributed by atoms with Crippen molar-refractivity contribution >= 4 is 11.8 Å². The summed E-state index contributed by atoms with van der Waals surface area (Å²) in [4.78, 5) is 23.7. The van der Waals surface area contributed by atoms with Gasteiger partial charge in [0.25, 0.3) is 0 Å². The van der Waals surface area contributed by atoms with Gasteiger partial charge < -0.3 is 4.74 Å². The zero-order valence-electron chi connectivity index (χ0n) is 11.1. The fraction of sp³-hybridized carbons (Fsp3) is 0.0588. The average molecular weight is 266 g/mol. The molecule has 0 aliphatic carbocycles. The second kappa shape index (κ2) is 6.48. The standard InChI is InChI=1S/C17H14O3/c1-13(12-16(18)14-8-4-2-5-9-14)20-17(19)15-10-6-3-7-11-15/h2-12H,1H3. The SMILES string of the molecule is CC(=CC(=O)c1ccccc1)OC(=O)c1ccccc1. The molecule has 0 heterocycles. The smallest absolute Gasteiger partial charge is 0.343 e. The second-order valence-electron chi connectivity index (χ2n) is 4.24. The van der Waals surface area contributed by atoms with Crippen molar-refractivity contribution in [1.29, 1.82) is 0 Å². The van der Waals surface area contributed by atoms with E-state index >= 15 is 0 Å². The van der Waals surface area contributed by atoms with Gasteiger partial charge in [-0.15, -0.1) is 0 Å². The second-order valence-corrected chi connectivity index (χ2v) is 4.24. The number of rotatable bonds is 4. The summed E-state index contributed by atoms with van der Waals surface area (Å²) >= 11 is 0. The molecular formula is C17H14O3. The van der Waals surface area contributed by atoms with E-state index in [1.807, 2.05) is 12.1 Å². The summed E-state index contributed by atoms with van der Waals surface area (Å²) in [6.45, 7) is 1.58. The van der Waals surface area contributed by atoms with E-state index in [0.717, 1.165) is 0 Å². The predicted octanol–water partition coefficient (Wildman–Crippen LogP) is 3.63. The molecule has 2 aromatic rings. The minimum absolute atomic E-state index is 0.191. The van der Waals surface area contributed by atoms with E-state index in [1.54, 1.807) is 55.5 Å². The van der Waals surface area contributed by atoms with Gasteiger partial charge in [-0.2, -0.15) is 0 Å². The summed E-state index contributed by atoms with van der Waals surface area (Å²) < 4.78 is 5.13. The first-order chi connectivity index (χ1) is 9.66. The van der Waals surface area contributed by atoms with Gasteiger partial charge in [0.15, 0.2) is 5.78 Å². The highest BCUT2D eigenvalue weighted by molar-refractivity contribution is 6.05. The van der Waals surface area contributed by atoms with E-state index in [0.29, 0.717) is 11.1 Å². The fourth-order valence-electron chi connectivity index (χ4n) is 1.68. The number of ether oxygens (including phenoxy) is 1. The van der Waals surface area contributed by atoms with Crippen molar-refractivity contribution in [1.82, 2.24) is 0 Å². The molecule has 0 bridgehead atoms. The Morgan fingerprint density at radius 2 is 1.35 bits per heavy atom. The molecule has 0 saturated heterocycles. The Morgan fingerprint density at radius 1 is 0.850 bits per heavy atom. The summed E-state index contributed by atoms with van der Waals surface area (Å²) in [6.07, 6.45) is 1.32. The highest BCUT2D eigenvalue weighted by Gasteiger charge is 2.09. The maximum absolute atomic E-state index is 11.9. The molecule has 3 nitrogen and oxygen atoms in total. The maximum Gasteiger partial charge on any atom is 0.343 e. The Hall–Kier alpha value is -2.68. The lowest BCUT2D eigenvalue weighted by Crippen LogP contribution is -2.05. The predicted molar refractivity (Wildman–Crippen MR) is 76.4 cm³/mol. The van der Waals surface area contributed by atoms with Crippen LogP contribution in [0.25, 0.3) is 0 Å². The van der Waals surface area contributed by atoms with Gasteiger partial charge in [-0.05, 0) is 19.1 Å². The van der Waals surface area contributed by atoms with E-state index < -0.39 is 5.97 Å². The van der Waals surface area contributed by atoms with Crippen LogP contribution < -0.4 is 0 Å². The molecule has 2 aromatic carbocycles. The molecule has 0 fully saturated rings. The van der Waals surface area contributed by atoms with Crippen LogP contribution in [0.2, 0.25) is 0 Å². The molecule has 3 heteroatoms. The number of allylic oxidation sites excluding steroid dienone is 2. The molecule has 0 aliphatic heterocycles. The molecule has 0 radical (unpaired) electrons. The molecule has 20 heavy (non-hydrogen) atoms. The van der Waals surface area contributed by atoms with E-state index in [2.05, 4.69) is 0 Å². The molecule has 0 N–H and O–H groups in total. The van der Waals surface area contributed by atoms with Crippen molar-refractivity contribution in [3.8, 4) is 0 Å². The van der Waals surface area contributed by atoms with Gasteiger partial charge in [0.05, 0.1) is 5.56 Å². The molecule has 0 aromatic heterocycles. The third kappa shape index (κ3) is 3.65. The lowest BCUT2D eigenvalue weighted by molar-refractivity contribution is 0.0625. The first-order valence-corrected chi connectivity index (χ1v) is 6.22. The first kappa shape index (κ1) is 13.7. The molecule has 0 unspecified atom stereocenters. The number of hydrogen-bond acceptors (Lipinski definition) is 3. The summed E-state index contributed by atoms with van der Waals surface area (Å²) in [5.74, 6) is -0.392. The first-order valence-electron chi connectivity index (χ1n) is 6.22. The zero-order valence-corrected chi connectivity index (χ0v) is 11.1. The van der Waals surface area contributed by atoms with Crippen molar-refractivity contribution in [2.45, 2.75) is 6.92 Å². The third-order valence-corrected chi connectivity index (χ3v) is 2.66.